The first kappa shape index (κ1) is 19.2. The second-order valence-electron chi connectivity index (χ2n) is 7.32. The molecule has 3 aromatic rings. The molecule has 1 saturated carbocycles. The van der Waals surface area contributed by atoms with Gasteiger partial charge in [0.15, 0.2) is 5.16 Å². The number of nitrogens with zero attached hydrogens (tertiary/aromatic N) is 3. The Morgan fingerprint density at radius 2 is 2.14 bits per heavy atom. The maximum absolute atomic E-state index is 12.8. The molecule has 0 spiro atoms. The van der Waals surface area contributed by atoms with Crippen molar-refractivity contribution in [3.8, 4) is 0 Å². The molecular formula is C21H24N4OS2. The third-order valence-corrected chi connectivity index (χ3v) is 6.80. The van der Waals surface area contributed by atoms with Gasteiger partial charge < -0.3 is 9.88 Å². The zero-order valence-electron chi connectivity index (χ0n) is 16.3. The molecule has 28 heavy (non-hydrogen) atoms. The Morgan fingerprint density at radius 1 is 1.32 bits per heavy atom. The number of hydrogen-bond acceptors (Lipinski definition) is 5. The average Bonchev–Trinajstić information content (AvgIpc) is 3.22. The number of anilines is 1. The molecule has 0 unspecified atom stereocenters. The zero-order chi connectivity index (χ0) is 19.7. The molecule has 0 aliphatic heterocycles. The van der Waals surface area contributed by atoms with E-state index in [4.69, 9.17) is 0 Å². The number of amides is 1. The van der Waals surface area contributed by atoms with Crippen LogP contribution in [0.15, 0.2) is 40.9 Å². The summed E-state index contributed by atoms with van der Waals surface area (Å²) in [5.74, 6) is 0.985. The van der Waals surface area contributed by atoms with E-state index in [1.807, 2.05) is 32.9 Å². The monoisotopic (exact) mass is 412 g/mol. The van der Waals surface area contributed by atoms with E-state index < -0.39 is 0 Å². The highest BCUT2D eigenvalue weighted by atomic mass is 32.2. The van der Waals surface area contributed by atoms with E-state index in [0.717, 1.165) is 47.1 Å². The number of benzene rings is 1. The number of rotatable bonds is 7. The van der Waals surface area contributed by atoms with Crippen molar-refractivity contribution in [1.29, 1.82) is 0 Å². The lowest BCUT2D eigenvalue weighted by molar-refractivity contribution is -0.115. The van der Waals surface area contributed by atoms with Gasteiger partial charge >= 0.3 is 0 Å². The van der Waals surface area contributed by atoms with Gasteiger partial charge in [0.2, 0.25) is 5.91 Å². The molecule has 2 heterocycles. The van der Waals surface area contributed by atoms with E-state index >= 15 is 0 Å². The number of nitrogens with one attached hydrogen (secondary N) is 1. The number of thiophene rings is 1. The van der Waals surface area contributed by atoms with E-state index in [2.05, 4.69) is 43.7 Å². The van der Waals surface area contributed by atoms with Crippen molar-refractivity contribution in [2.24, 2.45) is 0 Å². The van der Waals surface area contributed by atoms with Crippen molar-refractivity contribution in [2.75, 3.05) is 5.32 Å². The van der Waals surface area contributed by atoms with Crippen LogP contribution >= 0.6 is 23.1 Å². The molecule has 1 atom stereocenters. The first-order valence-corrected chi connectivity index (χ1v) is 11.3. The minimum absolute atomic E-state index is 0.0103. The fraction of sp³-hybridized carbons (Fsp3) is 0.381. The van der Waals surface area contributed by atoms with Gasteiger partial charge in [-0.3, -0.25) is 4.79 Å². The van der Waals surface area contributed by atoms with Gasteiger partial charge in [0, 0.05) is 23.0 Å². The zero-order valence-corrected chi connectivity index (χ0v) is 17.9. The molecule has 7 heteroatoms. The molecule has 0 saturated heterocycles. The maximum Gasteiger partial charge on any atom is 0.237 e. The summed E-state index contributed by atoms with van der Waals surface area (Å²) in [6, 6.07) is 10.8. The minimum atomic E-state index is -0.254. The molecule has 0 radical (unpaired) electrons. The number of carbonyl (C=O) groups is 1. The Labute approximate surface area is 173 Å². The predicted molar refractivity (Wildman–Crippen MR) is 115 cm³/mol. The van der Waals surface area contributed by atoms with Gasteiger partial charge in [-0.2, -0.15) is 0 Å². The minimum Gasteiger partial charge on any atom is -0.325 e. The number of thioether (sulfide) groups is 1. The van der Waals surface area contributed by atoms with Crippen molar-refractivity contribution < 1.29 is 4.79 Å². The van der Waals surface area contributed by atoms with Gasteiger partial charge in [-0.15, -0.1) is 21.5 Å². The summed E-state index contributed by atoms with van der Waals surface area (Å²) in [7, 11) is 0. The van der Waals surface area contributed by atoms with Crippen LogP contribution < -0.4 is 5.32 Å². The lowest BCUT2D eigenvalue weighted by atomic mass is 10.1. The van der Waals surface area contributed by atoms with Crippen molar-refractivity contribution >= 4 is 34.7 Å². The largest absolute Gasteiger partial charge is 0.325 e. The summed E-state index contributed by atoms with van der Waals surface area (Å²) in [6.45, 7) is 5.96. The van der Waals surface area contributed by atoms with Crippen LogP contribution in [0.25, 0.3) is 0 Å². The average molecular weight is 413 g/mol. The van der Waals surface area contributed by atoms with E-state index in [9.17, 15) is 4.79 Å². The topological polar surface area (TPSA) is 59.8 Å². The number of hydrogen-bond donors (Lipinski definition) is 1. The summed E-state index contributed by atoms with van der Waals surface area (Å²) < 4.78 is 2.24. The summed E-state index contributed by atoms with van der Waals surface area (Å²) >= 11 is 3.23. The lowest BCUT2D eigenvalue weighted by Crippen LogP contribution is -2.23. The maximum atomic E-state index is 12.8. The fourth-order valence-electron chi connectivity index (χ4n) is 3.09. The van der Waals surface area contributed by atoms with Crippen molar-refractivity contribution in [2.45, 2.75) is 56.5 Å². The first-order valence-electron chi connectivity index (χ1n) is 9.52. The highest BCUT2D eigenvalue weighted by molar-refractivity contribution is 8.00. The SMILES string of the molecule is Cc1ccc(C)c(NC(=O)[C@@H](C)Sc2nnc(Cc3cccs3)n2C2CC2)c1. The third-order valence-electron chi connectivity index (χ3n) is 4.86. The van der Waals surface area contributed by atoms with Crippen LogP contribution in [-0.2, 0) is 11.2 Å². The van der Waals surface area contributed by atoms with Gasteiger partial charge in [0.25, 0.3) is 0 Å². The van der Waals surface area contributed by atoms with Crippen LogP contribution in [0.5, 0.6) is 0 Å². The predicted octanol–water partition coefficient (Wildman–Crippen LogP) is 5.00. The third kappa shape index (κ3) is 4.31. The molecule has 2 aromatic heterocycles. The van der Waals surface area contributed by atoms with Gasteiger partial charge in [-0.25, -0.2) is 0 Å². The van der Waals surface area contributed by atoms with Gasteiger partial charge in [0.1, 0.15) is 5.82 Å². The molecule has 1 aliphatic carbocycles. The van der Waals surface area contributed by atoms with E-state index in [1.54, 1.807) is 11.3 Å². The lowest BCUT2D eigenvalue weighted by Gasteiger charge is -2.15. The highest BCUT2D eigenvalue weighted by Crippen LogP contribution is 2.40. The first-order chi connectivity index (χ1) is 13.5. The van der Waals surface area contributed by atoms with Crippen molar-refractivity contribution in [1.82, 2.24) is 14.8 Å². The van der Waals surface area contributed by atoms with Gasteiger partial charge in [-0.1, -0.05) is 30.0 Å². The van der Waals surface area contributed by atoms with E-state index in [0.29, 0.717) is 6.04 Å². The van der Waals surface area contributed by atoms with Crippen LogP contribution in [0.3, 0.4) is 0 Å². The Hall–Kier alpha value is -2.12. The molecular weight excluding hydrogens is 388 g/mol. The molecule has 146 valence electrons. The summed E-state index contributed by atoms with van der Waals surface area (Å²) in [4.78, 5) is 14.0. The molecule has 1 amide bonds. The van der Waals surface area contributed by atoms with Crippen molar-refractivity contribution in [3.63, 3.8) is 0 Å². The fourth-order valence-corrected chi connectivity index (χ4v) is 4.73. The van der Waals surface area contributed by atoms with E-state index in [1.165, 1.54) is 16.6 Å². The summed E-state index contributed by atoms with van der Waals surface area (Å²) in [6.07, 6.45) is 3.11. The van der Waals surface area contributed by atoms with Gasteiger partial charge in [-0.05, 0) is 62.3 Å². The molecule has 0 bridgehead atoms. The Morgan fingerprint density at radius 3 is 2.86 bits per heavy atom. The van der Waals surface area contributed by atoms with Crippen LogP contribution in [0.2, 0.25) is 0 Å². The standard InChI is InChI=1S/C21H24N4OS2/c1-13-6-7-14(2)18(11-13)22-20(26)15(3)28-21-24-23-19(25(21)16-8-9-16)12-17-5-4-10-27-17/h4-7,10-11,15-16H,8-9,12H2,1-3H3,(H,22,26)/t15-/m1/s1. The second-order valence-corrected chi connectivity index (χ2v) is 9.66. The number of aromatic nitrogens is 3. The van der Waals surface area contributed by atoms with Gasteiger partial charge in [0.05, 0.1) is 5.25 Å². The molecule has 1 fully saturated rings. The Bertz CT molecular complexity index is 976. The van der Waals surface area contributed by atoms with E-state index in [-0.39, 0.29) is 11.2 Å². The Balaban J connectivity index is 1.48. The quantitative estimate of drug-likeness (QED) is 0.555. The van der Waals surface area contributed by atoms with Crippen LogP contribution in [0, 0.1) is 13.8 Å². The molecule has 1 N–H and O–H groups in total. The Kier molecular flexibility index (Phi) is 5.55. The normalized spacial score (nSPS) is 14.8. The summed E-state index contributed by atoms with van der Waals surface area (Å²) in [5.41, 5.74) is 3.07. The molecule has 4 rings (SSSR count). The number of aryl methyl sites for hydroxylation is 2. The summed E-state index contributed by atoms with van der Waals surface area (Å²) in [5, 5.41) is 14.6. The molecule has 5 nitrogen and oxygen atoms in total. The van der Waals surface area contributed by atoms with Crippen LogP contribution in [-0.4, -0.2) is 25.9 Å². The molecule has 1 aromatic carbocycles. The number of carbonyl (C=O) groups excluding carboxylic acids is 1. The van der Waals surface area contributed by atoms with Crippen LogP contribution in [0.1, 0.15) is 47.6 Å². The smallest absolute Gasteiger partial charge is 0.237 e. The van der Waals surface area contributed by atoms with Crippen LogP contribution in [0.4, 0.5) is 5.69 Å². The highest BCUT2D eigenvalue weighted by Gasteiger charge is 2.31. The van der Waals surface area contributed by atoms with Crippen molar-refractivity contribution in [3.05, 3.63) is 57.5 Å². The second kappa shape index (κ2) is 8.09. The molecule has 1 aliphatic rings.